The molecule has 262 valence electrons. The van der Waals surface area contributed by atoms with Crippen molar-refractivity contribution in [3.63, 3.8) is 0 Å². The molecule has 0 atom stereocenters. The Balaban J connectivity index is 1.11. The number of nitrogens with zero attached hydrogens (tertiary/aromatic N) is 2. The number of aromatic nitrogens is 2. The van der Waals surface area contributed by atoms with Crippen LogP contribution in [0.3, 0.4) is 0 Å². The fourth-order valence-electron chi connectivity index (χ4n) is 8.77. The summed E-state index contributed by atoms with van der Waals surface area (Å²) in [6.45, 7) is 0. The second-order valence-corrected chi connectivity index (χ2v) is 14.5. The summed E-state index contributed by atoms with van der Waals surface area (Å²) in [4.78, 5) is 0. The number of para-hydroxylation sites is 4. The topological polar surface area (TPSA) is 9.86 Å². The first-order valence-electron chi connectivity index (χ1n) is 19.3. The first kappa shape index (κ1) is 32.0. The highest BCUT2D eigenvalue weighted by atomic mass is 15.0. The van der Waals surface area contributed by atoms with E-state index in [-0.39, 0.29) is 0 Å². The van der Waals surface area contributed by atoms with Crippen molar-refractivity contribution in [1.82, 2.24) is 9.13 Å². The number of benzene rings is 9. The maximum atomic E-state index is 2.41. The van der Waals surface area contributed by atoms with Gasteiger partial charge < -0.3 is 9.13 Å². The summed E-state index contributed by atoms with van der Waals surface area (Å²) in [5, 5.41) is 5.07. The lowest BCUT2D eigenvalue weighted by Crippen LogP contribution is -1.96. The van der Waals surface area contributed by atoms with Gasteiger partial charge >= 0.3 is 0 Å². The largest absolute Gasteiger partial charge is 0.309 e. The molecule has 0 N–H and O–H groups in total. The van der Waals surface area contributed by atoms with Crippen molar-refractivity contribution >= 4 is 43.6 Å². The molecule has 2 aromatic heterocycles. The molecule has 0 amide bonds. The zero-order valence-electron chi connectivity index (χ0n) is 30.7. The summed E-state index contributed by atoms with van der Waals surface area (Å²) in [6, 6.07) is 79.5. The van der Waals surface area contributed by atoms with E-state index in [1.165, 1.54) is 88.1 Å². The molecule has 0 radical (unpaired) electrons. The van der Waals surface area contributed by atoms with Crippen LogP contribution in [-0.2, 0) is 0 Å². The molecule has 0 aliphatic carbocycles. The molecule has 11 aromatic rings. The van der Waals surface area contributed by atoms with Gasteiger partial charge in [-0.05, 0) is 105 Å². The molecular weight excluding hydrogens is 677 g/mol. The predicted octanol–water partition coefficient (Wildman–Crippen LogP) is 14.5. The van der Waals surface area contributed by atoms with Gasteiger partial charge in [0.2, 0.25) is 0 Å². The van der Waals surface area contributed by atoms with Crippen molar-refractivity contribution in [2.24, 2.45) is 0 Å². The average molecular weight is 713 g/mol. The van der Waals surface area contributed by atoms with E-state index in [4.69, 9.17) is 0 Å². The minimum atomic E-state index is 1.15. The number of rotatable bonds is 6. The molecule has 0 fully saturated rings. The molecule has 11 rings (SSSR count). The number of hydrogen-bond acceptors (Lipinski definition) is 0. The lowest BCUT2D eigenvalue weighted by Gasteiger charge is -2.19. The molecule has 0 spiro atoms. The van der Waals surface area contributed by atoms with Gasteiger partial charge in [0.25, 0.3) is 0 Å². The highest BCUT2D eigenvalue weighted by Crippen LogP contribution is 2.43. The molecule has 0 unspecified atom stereocenters. The minimum Gasteiger partial charge on any atom is -0.309 e. The summed E-state index contributed by atoms with van der Waals surface area (Å²) in [5.41, 5.74) is 16.7. The molecule has 2 heterocycles. The van der Waals surface area contributed by atoms with Crippen LogP contribution in [0.25, 0.3) is 99.5 Å². The van der Waals surface area contributed by atoms with E-state index in [0.717, 1.165) is 11.4 Å². The van der Waals surface area contributed by atoms with Crippen LogP contribution >= 0.6 is 0 Å². The molecule has 2 nitrogen and oxygen atoms in total. The molecule has 2 heteroatoms. The van der Waals surface area contributed by atoms with Gasteiger partial charge in [0, 0.05) is 32.9 Å². The summed E-state index contributed by atoms with van der Waals surface area (Å²) in [7, 11) is 0. The maximum Gasteiger partial charge on any atom is 0.0541 e. The fourth-order valence-corrected chi connectivity index (χ4v) is 8.77. The summed E-state index contributed by atoms with van der Waals surface area (Å²) >= 11 is 0. The van der Waals surface area contributed by atoms with E-state index in [9.17, 15) is 0 Å². The standard InChI is InChI=1S/C54H36N2/c1-3-15-37(16-4-1)47-35-49(39-27-31-41(32-28-39)55-51-23-11-7-19-43(51)44-20-8-12-24-52(44)55)50(36-48(47)38-17-5-2-6-18-38)40-29-33-42(34-30-40)56-53-25-13-9-21-45(53)46-22-10-14-26-54(46)56/h1-36H. The Morgan fingerprint density at radius 1 is 0.214 bits per heavy atom. The highest BCUT2D eigenvalue weighted by Gasteiger charge is 2.18. The van der Waals surface area contributed by atoms with Crippen LogP contribution in [0.4, 0.5) is 0 Å². The van der Waals surface area contributed by atoms with E-state index in [2.05, 4.69) is 228 Å². The van der Waals surface area contributed by atoms with E-state index >= 15 is 0 Å². The van der Waals surface area contributed by atoms with Crippen LogP contribution in [0.5, 0.6) is 0 Å². The molecule has 0 aliphatic heterocycles. The van der Waals surface area contributed by atoms with Gasteiger partial charge in [0.1, 0.15) is 0 Å². The molecule has 0 saturated heterocycles. The third kappa shape index (κ3) is 5.19. The fraction of sp³-hybridized carbons (Fsp3) is 0. The second-order valence-electron chi connectivity index (χ2n) is 14.5. The first-order chi connectivity index (χ1) is 27.8. The van der Waals surface area contributed by atoms with Crippen LogP contribution in [0.1, 0.15) is 0 Å². The Hall–Kier alpha value is -7.42. The molecule has 0 saturated carbocycles. The Morgan fingerprint density at radius 2 is 0.464 bits per heavy atom. The summed E-state index contributed by atoms with van der Waals surface area (Å²) in [6.07, 6.45) is 0. The minimum absolute atomic E-state index is 1.15. The van der Waals surface area contributed by atoms with Crippen LogP contribution in [0.2, 0.25) is 0 Å². The quantitative estimate of drug-likeness (QED) is 0.162. The predicted molar refractivity (Wildman–Crippen MR) is 237 cm³/mol. The molecule has 56 heavy (non-hydrogen) atoms. The Morgan fingerprint density at radius 3 is 0.768 bits per heavy atom. The van der Waals surface area contributed by atoms with Crippen molar-refractivity contribution in [1.29, 1.82) is 0 Å². The van der Waals surface area contributed by atoms with Crippen LogP contribution < -0.4 is 0 Å². The summed E-state index contributed by atoms with van der Waals surface area (Å²) < 4.78 is 4.77. The van der Waals surface area contributed by atoms with Crippen LogP contribution in [0, 0.1) is 0 Å². The highest BCUT2D eigenvalue weighted by molar-refractivity contribution is 6.10. The number of fused-ring (bicyclic) bond motifs is 6. The average Bonchev–Trinajstić information content (AvgIpc) is 3.80. The van der Waals surface area contributed by atoms with Gasteiger partial charge in [-0.15, -0.1) is 0 Å². The zero-order valence-corrected chi connectivity index (χ0v) is 30.7. The zero-order chi connectivity index (χ0) is 37.0. The van der Waals surface area contributed by atoms with E-state index in [1.54, 1.807) is 0 Å². The normalized spacial score (nSPS) is 11.6. The molecule has 0 bridgehead atoms. The van der Waals surface area contributed by atoms with Gasteiger partial charge in [-0.3, -0.25) is 0 Å². The summed E-state index contributed by atoms with van der Waals surface area (Å²) in [5.74, 6) is 0. The van der Waals surface area contributed by atoms with Crippen molar-refractivity contribution < 1.29 is 0 Å². The first-order valence-corrected chi connectivity index (χ1v) is 19.3. The van der Waals surface area contributed by atoms with Crippen LogP contribution in [0.15, 0.2) is 218 Å². The third-order valence-corrected chi connectivity index (χ3v) is 11.4. The molecule has 9 aromatic carbocycles. The maximum absolute atomic E-state index is 2.41. The SMILES string of the molecule is c1ccc(-c2cc(-c3ccc(-n4c5ccccc5c5ccccc54)cc3)c(-c3ccc(-n4c5ccccc5c5ccccc54)cc3)cc2-c2ccccc2)cc1. The van der Waals surface area contributed by atoms with Crippen LogP contribution in [-0.4, -0.2) is 9.13 Å². The number of hydrogen-bond donors (Lipinski definition) is 0. The van der Waals surface area contributed by atoms with Gasteiger partial charge in [0.05, 0.1) is 22.1 Å². The van der Waals surface area contributed by atoms with Crippen molar-refractivity contribution in [2.45, 2.75) is 0 Å². The molecular formula is C54H36N2. The van der Waals surface area contributed by atoms with Crippen molar-refractivity contribution in [2.75, 3.05) is 0 Å². The van der Waals surface area contributed by atoms with Gasteiger partial charge in [-0.1, -0.05) is 158 Å². The second kappa shape index (κ2) is 13.2. The van der Waals surface area contributed by atoms with E-state index in [0.29, 0.717) is 0 Å². The van der Waals surface area contributed by atoms with E-state index < -0.39 is 0 Å². The third-order valence-electron chi connectivity index (χ3n) is 11.4. The van der Waals surface area contributed by atoms with E-state index in [1.807, 2.05) is 0 Å². The Kier molecular flexibility index (Phi) is 7.53. The lowest BCUT2D eigenvalue weighted by atomic mass is 9.85. The van der Waals surface area contributed by atoms with Crippen molar-refractivity contribution in [3.05, 3.63) is 218 Å². The van der Waals surface area contributed by atoms with Gasteiger partial charge in [0.15, 0.2) is 0 Å². The Bertz CT molecular complexity index is 2880. The van der Waals surface area contributed by atoms with Crippen molar-refractivity contribution in [3.8, 4) is 55.9 Å². The van der Waals surface area contributed by atoms with Gasteiger partial charge in [-0.25, -0.2) is 0 Å². The lowest BCUT2D eigenvalue weighted by molar-refractivity contribution is 1.18. The van der Waals surface area contributed by atoms with Gasteiger partial charge in [-0.2, -0.15) is 0 Å². The smallest absolute Gasteiger partial charge is 0.0541 e. The Labute approximate surface area is 325 Å². The monoisotopic (exact) mass is 712 g/mol. The molecule has 0 aliphatic rings.